The molecule has 0 saturated carbocycles. The molecule has 0 heterocycles. The number of carboxylic acids is 3. The zero-order chi connectivity index (χ0) is 14.6. The Labute approximate surface area is 106 Å². The SMILES string of the molecule is CCC(N)C(=O)O.O=C(O)CCCCCC(=O)O. The fourth-order valence-electron chi connectivity index (χ4n) is 0.904. The van der Waals surface area contributed by atoms with Crippen molar-refractivity contribution < 1.29 is 29.7 Å². The van der Waals surface area contributed by atoms with Crippen LogP contribution in [-0.4, -0.2) is 39.3 Å². The van der Waals surface area contributed by atoms with Crippen molar-refractivity contribution in [1.29, 1.82) is 0 Å². The van der Waals surface area contributed by atoms with Crippen LogP contribution in [0.5, 0.6) is 0 Å². The van der Waals surface area contributed by atoms with Crippen molar-refractivity contribution in [3.8, 4) is 0 Å². The Morgan fingerprint density at radius 1 is 0.944 bits per heavy atom. The molecule has 0 saturated heterocycles. The van der Waals surface area contributed by atoms with E-state index >= 15 is 0 Å². The lowest BCUT2D eigenvalue weighted by atomic mass is 10.1. The van der Waals surface area contributed by atoms with Crippen molar-refractivity contribution in [2.24, 2.45) is 5.73 Å². The summed E-state index contributed by atoms with van der Waals surface area (Å²) in [4.78, 5) is 29.8. The normalized spacial score (nSPS) is 11.0. The molecule has 0 aromatic carbocycles. The number of carboxylic acid groups (broad SMARTS) is 3. The van der Waals surface area contributed by atoms with Gasteiger partial charge in [0.1, 0.15) is 6.04 Å². The van der Waals surface area contributed by atoms with E-state index in [9.17, 15) is 14.4 Å². The molecular formula is C11H21NO6. The Morgan fingerprint density at radius 3 is 1.50 bits per heavy atom. The van der Waals surface area contributed by atoms with Crippen LogP contribution in [0.25, 0.3) is 0 Å². The lowest BCUT2D eigenvalue weighted by Gasteiger charge is -1.97. The van der Waals surface area contributed by atoms with Crippen LogP contribution in [0.15, 0.2) is 0 Å². The molecule has 0 fully saturated rings. The quantitative estimate of drug-likeness (QED) is 0.477. The Balaban J connectivity index is 0. The first-order valence-corrected chi connectivity index (χ1v) is 5.73. The molecule has 7 heteroatoms. The summed E-state index contributed by atoms with van der Waals surface area (Å²) in [6.45, 7) is 1.73. The van der Waals surface area contributed by atoms with Crippen LogP contribution >= 0.6 is 0 Å². The number of hydrogen-bond acceptors (Lipinski definition) is 4. The molecule has 0 aromatic heterocycles. The molecule has 0 aliphatic heterocycles. The maximum atomic E-state index is 9.98. The van der Waals surface area contributed by atoms with Gasteiger partial charge in [-0.05, 0) is 19.3 Å². The van der Waals surface area contributed by atoms with Gasteiger partial charge in [0.25, 0.3) is 0 Å². The second-order valence-corrected chi connectivity index (χ2v) is 3.70. The van der Waals surface area contributed by atoms with Crippen molar-refractivity contribution in [2.45, 2.75) is 51.5 Å². The van der Waals surface area contributed by atoms with E-state index in [0.29, 0.717) is 25.7 Å². The summed E-state index contributed by atoms with van der Waals surface area (Å²) in [5, 5.41) is 24.5. The van der Waals surface area contributed by atoms with Gasteiger partial charge in [0, 0.05) is 12.8 Å². The summed E-state index contributed by atoms with van der Waals surface area (Å²) in [5.74, 6) is -2.57. The monoisotopic (exact) mass is 263 g/mol. The molecule has 18 heavy (non-hydrogen) atoms. The van der Waals surface area contributed by atoms with Crippen molar-refractivity contribution >= 4 is 17.9 Å². The van der Waals surface area contributed by atoms with Gasteiger partial charge in [0.05, 0.1) is 0 Å². The largest absolute Gasteiger partial charge is 0.481 e. The third kappa shape index (κ3) is 16.8. The molecule has 0 radical (unpaired) electrons. The minimum Gasteiger partial charge on any atom is -0.481 e. The van der Waals surface area contributed by atoms with Gasteiger partial charge >= 0.3 is 17.9 Å². The molecule has 0 aromatic rings. The molecule has 0 rings (SSSR count). The maximum absolute atomic E-state index is 9.98. The number of nitrogens with two attached hydrogens (primary N) is 1. The zero-order valence-electron chi connectivity index (χ0n) is 10.5. The minimum absolute atomic E-state index is 0.139. The fourth-order valence-corrected chi connectivity index (χ4v) is 0.904. The number of carbonyl (C=O) groups is 3. The number of unbranched alkanes of at least 4 members (excludes halogenated alkanes) is 2. The maximum Gasteiger partial charge on any atom is 0.320 e. The van der Waals surface area contributed by atoms with E-state index in [2.05, 4.69) is 0 Å². The van der Waals surface area contributed by atoms with Crippen LogP contribution in [0.1, 0.15) is 45.4 Å². The molecule has 0 aliphatic carbocycles. The third-order valence-electron chi connectivity index (χ3n) is 2.04. The molecular weight excluding hydrogens is 242 g/mol. The Kier molecular flexibility index (Phi) is 12.3. The van der Waals surface area contributed by atoms with E-state index < -0.39 is 23.9 Å². The average molecular weight is 263 g/mol. The van der Waals surface area contributed by atoms with Crippen molar-refractivity contribution in [3.63, 3.8) is 0 Å². The molecule has 5 N–H and O–H groups in total. The summed E-state index contributed by atoms with van der Waals surface area (Å²) < 4.78 is 0. The fraction of sp³-hybridized carbons (Fsp3) is 0.727. The summed E-state index contributed by atoms with van der Waals surface area (Å²) >= 11 is 0. The van der Waals surface area contributed by atoms with E-state index in [4.69, 9.17) is 21.1 Å². The highest BCUT2D eigenvalue weighted by Crippen LogP contribution is 2.02. The van der Waals surface area contributed by atoms with Crippen LogP contribution in [0, 0.1) is 0 Å². The number of aliphatic carboxylic acids is 3. The standard InChI is InChI=1S/C7H12O4.C4H9NO2/c8-6(9)4-2-1-3-5-7(10)11;1-2-3(5)4(6)7/h1-5H2,(H,8,9)(H,10,11);3H,2,5H2,1H3,(H,6,7). The number of rotatable bonds is 8. The van der Waals surface area contributed by atoms with Crippen LogP contribution in [-0.2, 0) is 14.4 Å². The lowest BCUT2D eigenvalue weighted by molar-refractivity contribution is -0.139. The van der Waals surface area contributed by atoms with Crippen LogP contribution in [0.4, 0.5) is 0 Å². The van der Waals surface area contributed by atoms with Gasteiger partial charge in [-0.25, -0.2) is 0 Å². The molecule has 0 aliphatic rings. The second kappa shape index (κ2) is 11.8. The van der Waals surface area contributed by atoms with Crippen molar-refractivity contribution in [2.75, 3.05) is 0 Å². The minimum atomic E-state index is -0.928. The molecule has 0 amide bonds. The Bertz CT molecular complexity index is 250. The van der Waals surface area contributed by atoms with Gasteiger partial charge in [0.15, 0.2) is 0 Å². The first-order chi connectivity index (χ1) is 8.31. The highest BCUT2D eigenvalue weighted by Gasteiger charge is 2.05. The molecule has 106 valence electrons. The topological polar surface area (TPSA) is 138 Å². The number of hydrogen-bond donors (Lipinski definition) is 4. The van der Waals surface area contributed by atoms with Crippen LogP contribution < -0.4 is 5.73 Å². The van der Waals surface area contributed by atoms with Gasteiger partial charge in [-0.15, -0.1) is 0 Å². The molecule has 0 bridgehead atoms. The highest BCUT2D eigenvalue weighted by molar-refractivity contribution is 5.72. The van der Waals surface area contributed by atoms with Crippen LogP contribution in [0.2, 0.25) is 0 Å². The highest BCUT2D eigenvalue weighted by atomic mass is 16.4. The summed E-state index contributed by atoms with van der Waals surface area (Å²) in [5.41, 5.74) is 5.02. The predicted molar refractivity (Wildman–Crippen MR) is 64.3 cm³/mol. The second-order valence-electron chi connectivity index (χ2n) is 3.70. The van der Waals surface area contributed by atoms with E-state index in [1.165, 1.54) is 0 Å². The van der Waals surface area contributed by atoms with Gasteiger partial charge in [-0.2, -0.15) is 0 Å². The van der Waals surface area contributed by atoms with Crippen LogP contribution in [0.3, 0.4) is 0 Å². The lowest BCUT2D eigenvalue weighted by Crippen LogP contribution is -2.28. The van der Waals surface area contributed by atoms with Gasteiger partial charge < -0.3 is 21.1 Å². The first kappa shape index (κ1) is 18.7. The van der Waals surface area contributed by atoms with Gasteiger partial charge in [-0.3, -0.25) is 14.4 Å². The summed E-state index contributed by atoms with van der Waals surface area (Å²) in [6, 6.07) is -0.681. The van der Waals surface area contributed by atoms with E-state index in [1.807, 2.05) is 0 Å². The Morgan fingerprint density at radius 2 is 1.33 bits per heavy atom. The Hall–Kier alpha value is -1.63. The summed E-state index contributed by atoms with van der Waals surface area (Å²) in [7, 11) is 0. The summed E-state index contributed by atoms with van der Waals surface area (Å²) in [6.07, 6.45) is 2.60. The van der Waals surface area contributed by atoms with E-state index in [1.54, 1.807) is 6.92 Å². The molecule has 1 unspecified atom stereocenters. The van der Waals surface area contributed by atoms with Crippen molar-refractivity contribution in [3.05, 3.63) is 0 Å². The molecule has 7 nitrogen and oxygen atoms in total. The average Bonchev–Trinajstić information content (AvgIpc) is 2.27. The third-order valence-corrected chi connectivity index (χ3v) is 2.04. The zero-order valence-corrected chi connectivity index (χ0v) is 10.5. The molecule has 0 spiro atoms. The smallest absolute Gasteiger partial charge is 0.320 e. The van der Waals surface area contributed by atoms with Gasteiger partial charge in [-0.1, -0.05) is 13.3 Å². The molecule has 1 atom stereocenters. The van der Waals surface area contributed by atoms with Crippen molar-refractivity contribution in [1.82, 2.24) is 0 Å². The predicted octanol–water partition coefficient (Wildman–Crippen LogP) is 0.914. The van der Waals surface area contributed by atoms with Gasteiger partial charge in [0.2, 0.25) is 0 Å². The van der Waals surface area contributed by atoms with E-state index in [-0.39, 0.29) is 12.8 Å². The first-order valence-electron chi connectivity index (χ1n) is 5.73. The van der Waals surface area contributed by atoms with E-state index in [0.717, 1.165) is 0 Å².